The van der Waals surface area contributed by atoms with E-state index < -0.39 is 5.82 Å². The second-order valence-corrected chi connectivity index (χ2v) is 8.46. The van der Waals surface area contributed by atoms with Gasteiger partial charge in [0.25, 0.3) is 5.91 Å². The topological polar surface area (TPSA) is 88.5 Å². The molecular weight excluding hydrogens is 399 g/mol. The molecule has 0 spiro atoms. The van der Waals surface area contributed by atoms with Gasteiger partial charge in [0.15, 0.2) is 5.78 Å². The molecule has 1 amide bonds. The van der Waals surface area contributed by atoms with E-state index in [0.29, 0.717) is 17.7 Å². The molecule has 5 rings (SSSR count). The third-order valence-corrected chi connectivity index (χ3v) is 5.93. The smallest absolute Gasteiger partial charge is 0.270 e. The van der Waals surface area contributed by atoms with Crippen LogP contribution in [-0.2, 0) is 11.4 Å². The van der Waals surface area contributed by atoms with Crippen LogP contribution in [0.15, 0.2) is 36.5 Å². The van der Waals surface area contributed by atoms with Crippen LogP contribution in [0.3, 0.4) is 0 Å². The summed E-state index contributed by atoms with van der Waals surface area (Å²) in [6.45, 7) is -0.241. The van der Waals surface area contributed by atoms with Crippen molar-refractivity contribution in [2.75, 3.05) is 6.61 Å². The zero-order chi connectivity index (χ0) is 20.6. The van der Waals surface area contributed by atoms with Gasteiger partial charge in [0.2, 0.25) is 0 Å². The zero-order valence-electron chi connectivity index (χ0n) is 15.6. The van der Waals surface area contributed by atoms with Crippen molar-refractivity contribution in [3.8, 4) is 5.75 Å². The highest BCUT2D eigenvalue weighted by Gasteiger charge is 2.68. The second-order valence-electron chi connectivity index (χ2n) is 8.05. The number of rotatable bonds is 8. The van der Waals surface area contributed by atoms with E-state index in [2.05, 4.69) is 10.3 Å². The highest BCUT2D eigenvalue weighted by Crippen LogP contribution is 2.69. The van der Waals surface area contributed by atoms with E-state index in [1.807, 2.05) is 0 Å². The first kappa shape index (κ1) is 19.8. The van der Waals surface area contributed by atoms with Crippen LogP contribution in [0.1, 0.15) is 41.7 Å². The van der Waals surface area contributed by atoms with Gasteiger partial charge in [-0.3, -0.25) is 14.6 Å². The molecule has 0 radical (unpaired) electrons. The van der Waals surface area contributed by atoms with Gasteiger partial charge in [-0.05, 0) is 48.4 Å². The molecule has 3 aliphatic carbocycles. The summed E-state index contributed by atoms with van der Waals surface area (Å²) in [5.74, 6) is -0.626. The lowest BCUT2D eigenvalue weighted by Gasteiger charge is -2.70. The minimum Gasteiger partial charge on any atom is -0.486 e. The van der Waals surface area contributed by atoms with Gasteiger partial charge in [0, 0.05) is 24.2 Å². The SMILES string of the molecule is O=C(COc1ccc(Cl)c(F)c1)CC12CC(NC(=O)c3ccc(CO)cn3)(C1)C2. The van der Waals surface area contributed by atoms with E-state index in [-0.39, 0.29) is 46.6 Å². The molecule has 152 valence electrons. The van der Waals surface area contributed by atoms with Gasteiger partial charge in [-0.2, -0.15) is 0 Å². The number of hydrogen-bond donors (Lipinski definition) is 2. The molecule has 0 atom stereocenters. The van der Waals surface area contributed by atoms with Crippen molar-refractivity contribution in [3.63, 3.8) is 0 Å². The molecular formula is C21H20ClFN2O4. The van der Waals surface area contributed by atoms with Crippen LogP contribution < -0.4 is 10.1 Å². The van der Waals surface area contributed by atoms with E-state index in [4.69, 9.17) is 21.4 Å². The van der Waals surface area contributed by atoms with E-state index in [9.17, 15) is 14.0 Å². The van der Waals surface area contributed by atoms with Crippen molar-refractivity contribution in [1.82, 2.24) is 10.3 Å². The van der Waals surface area contributed by atoms with Gasteiger partial charge in [0.1, 0.15) is 23.9 Å². The maximum atomic E-state index is 13.4. The summed E-state index contributed by atoms with van der Waals surface area (Å²) in [6, 6.07) is 7.31. The molecule has 6 nitrogen and oxygen atoms in total. The summed E-state index contributed by atoms with van der Waals surface area (Å²) in [4.78, 5) is 28.7. The lowest BCUT2D eigenvalue weighted by Crippen LogP contribution is -2.75. The summed E-state index contributed by atoms with van der Waals surface area (Å²) < 4.78 is 18.8. The highest BCUT2D eigenvalue weighted by molar-refractivity contribution is 6.30. The monoisotopic (exact) mass is 418 g/mol. The van der Waals surface area contributed by atoms with E-state index in [0.717, 1.165) is 25.3 Å². The summed E-state index contributed by atoms with van der Waals surface area (Å²) in [5.41, 5.74) is 0.621. The average Bonchev–Trinajstić information content (AvgIpc) is 2.66. The van der Waals surface area contributed by atoms with E-state index >= 15 is 0 Å². The number of pyridine rings is 1. The number of Topliss-reactive ketones (excluding diaryl/α,β-unsaturated/α-hetero) is 1. The largest absolute Gasteiger partial charge is 0.486 e. The quantitative estimate of drug-likeness (QED) is 0.687. The summed E-state index contributed by atoms with van der Waals surface area (Å²) in [6.07, 6.45) is 4.11. The Morgan fingerprint density at radius 2 is 2.00 bits per heavy atom. The number of benzene rings is 1. The van der Waals surface area contributed by atoms with Crippen molar-refractivity contribution in [2.24, 2.45) is 5.41 Å². The first-order chi connectivity index (χ1) is 13.8. The molecule has 0 aliphatic heterocycles. The van der Waals surface area contributed by atoms with Gasteiger partial charge in [-0.15, -0.1) is 0 Å². The number of aliphatic hydroxyl groups excluding tert-OH is 1. The third kappa shape index (κ3) is 3.97. The van der Waals surface area contributed by atoms with Crippen LogP contribution in [0.4, 0.5) is 4.39 Å². The lowest BCUT2D eigenvalue weighted by molar-refractivity contribution is -0.162. The first-order valence-electron chi connectivity index (χ1n) is 9.30. The van der Waals surface area contributed by atoms with E-state index in [1.54, 1.807) is 12.1 Å². The molecule has 29 heavy (non-hydrogen) atoms. The molecule has 8 heteroatoms. The standard InChI is InChI=1S/C21H20ClFN2O4/c22-16-3-2-15(5-17(16)23)29-9-14(27)6-20-10-21(11-20,12-20)25-19(28)18-4-1-13(8-26)7-24-18/h1-5,7,26H,6,8-12H2,(H,25,28). The van der Waals surface area contributed by atoms with Crippen LogP contribution in [-0.4, -0.2) is 33.9 Å². The average molecular weight is 419 g/mol. The Kier molecular flexibility index (Phi) is 5.04. The lowest BCUT2D eigenvalue weighted by atomic mass is 9.38. The third-order valence-electron chi connectivity index (χ3n) is 5.62. The molecule has 2 aromatic rings. The van der Waals surface area contributed by atoms with Crippen molar-refractivity contribution in [3.05, 3.63) is 58.6 Å². The molecule has 1 aromatic carbocycles. The Bertz CT molecular complexity index is 944. The molecule has 2 N–H and O–H groups in total. The Hall–Kier alpha value is -2.51. The molecule has 2 bridgehead atoms. The minimum atomic E-state index is -0.589. The highest BCUT2D eigenvalue weighted by atomic mass is 35.5. The Morgan fingerprint density at radius 3 is 2.62 bits per heavy atom. The molecule has 1 heterocycles. The van der Waals surface area contributed by atoms with Crippen LogP contribution >= 0.6 is 11.6 Å². The molecule has 3 fully saturated rings. The summed E-state index contributed by atoms with van der Waals surface area (Å²) in [5, 5.41) is 12.1. The van der Waals surface area contributed by atoms with Gasteiger partial charge in [0.05, 0.1) is 11.6 Å². The minimum absolute atomic E-state index is 0.00410. The van der Waals surface area contributed by atoms with Crippen LogP contribution in [0.5, 0.6) is 5.75 Å². The number of hydrogen-bond acceptors (Lipinski definition) is 5. The van der Waals surface area contributed by atoms with Crippen LogP contribution in [0.2, 0.25) is 5.02 Å². The van der Waals surface area contributed by atoms with Gasteiger partial charge in [-0.1, -0.05) is 17.7 Å². The number of carbonyl (C=O) groups excluding carboxylic acids is 2. The Labute approximate surface area is 172 Å². The number of nitrogens with zero attached hydrogens (tertiary/aromatic N) is 1. The summed E-state index contributed by atoms with van der Waals surface area (Å²) in [7, 11) is 0. The number of ketones is 1. The van der Waals surface area contributed by atoms with Crippen LogP contribution in [0.25, 0.3) is 0 Å². The fraction of sp³-hybridized carbons (Fsp3) is 0.381. The van der Waals surface area contributed by atoms with Gasteiger partial charge in [-0.25, -0.2) is 4.39 Å². The van der Waals surface area contributed by atoms with Crippen molar-refractivity contribution >= 4 is 23.3 Å². The number of nitrogens with one attached hydrogen (secondary N) is 1. The Balaban J connectivity index is 1.23. The maximum absolute atomic E-state index is 13.4. The number of aliphatic hydroxyl groups is 1. The van der Waals surface area contributed by atoms with E-state index in [1.165, 1.54) is 18.3 Å². The van der Waals surface area contributed by atoms with Crippen molar-refractivity contribution < 1.29 is 23.8 Å². The molecule has 1 aromatic heterocycles. The van der Waals surface area contributed by atoms with Gasteiger partial charge < -0.3 is 15.2 Å². The number of ether oxygens (including phenoxy) is 1. The maximum Gasteiger partial charge on any atom is 0.270 e. The van der Waals surface area contributed by atoms with Gasteiger partial charge >= 0.3 is 0 Å². The fourth-order valence-electron chi connectivity index (χ4n) is 4.48. The molecule has 3 aliphatic rings. The zero-order valence-corrected chi connectivity index (χ0v) is 16.3. The van der Waals surface area contributed by atoms with Crippen LogP contribution in [0, 0.1) is 11.2 Å². The molecule has 0 unspecified atom stereocenters. The molecule has 0 saturated heterocycles. The first-order valence-corrected chi connectivity index (χ1v) is 9.68. The normalized spacial score (nSPS) is 24.2. The number of carbonyl (C=O) groups is 2. The number of aromatic nitrogens is 1. The number of halogens is 2. The van der Waals surface area contributed by atoms with Crippen molar-refractivity contribution in [1.29, 1.82) is 0 Å². The predicted molar refractivity (Wildman–Crippen MR) is 103 cm³/mol. The Morgan fingerprint density at radius 1 is 1.24 bits per heavy atom. The molecule has 3 saturated carbocycles. The second kappa shape index (κ2) is 7.39. The number of amides is 1. The predicted octanol–water partition coefficient (Wildman–Crippen LogP) is 3.06. The fourth-order valence-corrected chi connectivity index (χ4v) is 4.59. The summed E-state index contributed by atoms with van der Waals surface area (Å²) >= 11 is 5.62. The van der Waals surface area contributed by atoms with Crippen molar-refractivity contribution in [2.45, 2.75) is 37.8 Å².